The van der Waals surface area contributed by atoms with Crippen LogP contribution in [0.5, 0.6) is 0 Å². The highest BCUT2D eigenvalue weighted by atomic mass is 35.5. The first-order valence-electron chi connectivity index (χ1n) is 6.92. The van der Waals surface area contributed by atoms with Crippen molar-refractivity contribution in [1.29, 1.82) is 0 Å². The van der Waals surface area contributed by atoms with Gasteiger partial charge in [-0.05, 0) is 37.2 Å². The maximum Gasteiger partial charge on any atom is 0.273 e. The lowest BCUT2D eigenvalue weighted by Crippen LogP contribution is -2.32. The molecule has 120 valence electrons. The van der Waals surface area contributed by atoms with E-state index >= 15 is 0 Å². The Morgan fingerprint density at radius 2 is 1.95 bits per heavy atom. The van der Waals surface area contributed by atoms with Gasteiger partial charge in [0.05, 0.1) is 0 Å². The number of halogens is 2. The zero-order chi connectivity index (χ0) is 15.1. The molecule has 0 aliphatic heterocycles. The van der Waals surface area contributed by atoms with Crippen LogP contribution in [0.25, 0.3) is 11.3 Å². The van der Waals surface area contributed by atoms with Crippen molar-refractivity contribution < 1.29 is 9.32 Å². The minimum atomic E-state index is -0.239. The molecule has 0 aliphatic carbocycles. The van der Waals surface area contributed by atoms with Crippen molar-refractivity contribution in [1.82, 2.24) is 15.8 Å². The number of hydrogen-bond donors (Lipinski definition) is 2. The van der Waals surface area contributed by atoms with Crippen LogP contribution in [0.15, 0.2) is 34.9 Å². The van der Waals surface area contributed by atoms with Gasteiger partial charge in [-0.3, -0.25) is 4.79 Å². The molecule has 1 aromatic carbocycles. The SMILES string of the molecule is CCCNCCNC(=O)c1cc(-c2ccc(Cl)cc2)on1.Cl. The van der Waals surface area contributed by atoms with Gasteiger partial charge in [0, 0.05) is 29.7 Å². The Bertz CT molecular complexity index is 585. The first-order chi connectivity index (χ1) is 10.2. The average Bonchev–Trinajstić information content (AvgIpc) is 2.97. The molecule has 1 amide bonds. The summed E-state index contributed by atoms with van der Waals surface area (Å²) in [7, 11) is 0. The zero-order valence-electron chi connectivity index (χ0n) is 12.3. The minimum Gasteiger partial charge on any atom is -0.355 e. The van der Waals surface area contributed by atoms with Gasteiger partial charge in [-0.15, -0.1) is 12.4 Å². The molecule has 7 heteroatoms. The lowest BCUT2D eigenvalue weighted by molar-refractivity contribution is 0.0945. The summed E-state index contributed by atoms with van der Waals surface area (Å²) in [6.45, 7) is 4.34. The molecule has 22 heavy (non-hydrogen) atoms. The molecule has 0 aliphatic rings. The molecule has 0 fully saturated rings. The van der Waals surface area contributed by atoms with Gasteiger partial charge in [0.2, 0.25) is 0 Å². The van der Waals surface area contributed by atoms with Crippen LogP contribution in [-0.4, -0.2) is 30.7 Å². The smallest absolute Gasteiger partial charge is 0.273 e. The molecule has 0 saturated heterocycles. The molecular formula is C15H19Cl2N3O2. The number of nitrogens with zero attached hydrogens (tertiary/aromatic N) is 1. The number of nitrogens with one attached hydrogen (secondary N) is 2. The Morgan fingerprint density at radius 3 is 2.64 bits per heavy atom. The van der Waals surface area contributed by atoms with E-state index in [1.807, 2.05) is 12.1 Å². The Hall–Kier alpha value is -1.56. The first kappa shape index (κ1) is 18.5. The van der Waals surface area contributed by atoms with E-state index in [4.69, 9.17) is 16.1 Å². The van der Waals surface area contributed by atoms with Gasteiger partial charge in [0.25, 0.3) is 5.91 Å². The van der Waals surface area contributed by atoms with Crippen molar-refractivity contribution in [2.24, 2.45) is 0 Å². The quantitative estimate of drug-likeness (QED) is 0.758. The van der Waals surface area contributed by atoms with Gasteiger partial charge >= 0.3 is 0 Å². The molecule has 0 spiro atoms. The highest BCUT2D eigenvalue weighted by molar-refractivity contribution is 6.30. The molecular weight excluding hydrogens is 325 g/mol. The summed E-state index contributed by atoms with van der Waals surface area (Å²) >= 11 is 5.83. The van der Waals surface area contributed by atoms with E-state index in [-0.39, 0.29) is 24.0 Å². The molecule has 0 radical (unpaired) electrons. The van der Waals surface area contributed by atoms with Crippen molar-refractivity contribution >= 4 is 29.9 Å². The molecule has 2 aromatic rings. The summed E-state index contributed by atoms with van der Waals surface area (Å²) in [5.41, 5.74) is 1.10. The molecule has 1 aromatic heterocycles. The third-order valence-corrected chi connectivity index (χ3v) is 3.14. The first-order valence-corrected chi connectivity index (χ1v) is 7.30. The van der Waals surface area contributed by atoms with Gasteiger partial charge in [0.1, 0.15) is 0 Å². The Balaban J connectivity index is 0.00000242. The van der Waals surface area contributed by atoms with Crippen LogP contribution in [0.3, 0.4) is 0 Å². The van der Waals surface area contributed by atoms with Crippen molar-refractivity contribution in [3.05, 3.63) is 41.0 Å². The van der Waals surface area contributed by atoms with Gasteiger partial charge < -0.3 is 15.2 Å². The fraction of sp³-hybridized carbons (Fsp3) is 0.333. The average molecular weight is 344 g/mol. The molecule has 0 unspecified atom stereocenters. The largest absolute Gasteiger partial charge is 0.355 e. The van der Waals surface area contributed by atoms with Crippen LogP contribution < -0.4 is 10.6 Å². The molecule has 5 nitrogen and oxygen atoms in total. The molecule has 0 atom stereocenters. The summed E-state index contributed by atoms with van der Waals surface area (Å²) in [4.78, 5) is 11.9. The standard InChI is InChI=1S/C15H18ClN3O2.ClH/c1-2-7-17-8-9-18-15(20)13-10-14(21-19-13)11-3-5-12(16)6-4-11;/h3-6,10,17H,2,7-9H2,1H3,(H,18,20);1H. The molecule has 2 N–H and O–H groups in total. The maximum absolute atomic E-state index is 11.9. The van der Waals surface area contributed by atoms with E-state index in [1.165, 1.54) is 0 Å². The summed E-state index contributed by atoms with van der Waals surface area (Å²) in [5.74, 6) is 0.304. The third kappa shape index (κ3) is 5.33. The number of amides is 1. The number of carbonyl (C=O) groups excluding carboxylic acids is 1. The second kappa shape index (κ2) is 9.46. The van der Waals surface area contributed by atoms with Crippen molar-refractivity contribution in [2.75, 3.05) is 19.6 Å². The van der Waals surface area contributed by atoms with Gasteiger partial charge in [-0.25, -0.2) is 0 Å². The Labute approximate surface area is 140 Å². The normalized spacial score (nSPS) is 10.1. The van der Waals surface area contributed by atoms with E-state index in [1.54, 1.807) is 18.2 Å². The number of hydrogen-bond acceptors (Lipinski definition) is 4. The van der Waals surface area contributed by atoms with Crippen LogP contribution >= 0.6 is 24.0 Å². The Kier molecular flexibility index (Phi) is 7.95. The number of benzene rings is 1. The van der Waals surface area contributed by atoms with Crippen molar-refractivity contribution in [2.45, 2.75) is 13.3 Å². The number of carbonyl (C=O) groups is 1. The summed E-state index contributed by atoms with van der Waals surface area (Å²) in [6.07, 6.45) is 1.07. The fourth-order valence-electron chi connectivity index (χ4n) is 1.79. The number of aromatic nitrogens is 1. The summed E-state index contributed by atoms with van der Waals surface area (Å²) < 4.78 is 5.19. The van der Waals surface area contributed by atoms with Gasteiger partial charge in [-0.2, -0.15) is 0 Å². The summed E-state index contributed by atoms with van der Waals surface area (Å²) in [6, 6.07) is 8.79. The van der Waals surface area contributed by atoms with Crippen LogP contribution in [0.1, 0.15) is 23.8 Å². The van der Waals surface area contributed by atoms with Crippen LogP contribution in [0.4, 0.5) is 0 Å². The minimum absolute atomic E-state index is 0. The zero-order valence-corrected chi connectivity index (χ0v) is 13.8. The van der Waals surface area contributed by atoms with Crippen molar-refractivity contribution in [3.8, 4) is 11.3 Å². The van der Waals surface area contributed by atoms with E-state index < -0.39 is 0 Å². The predicted octanol–water partition coefficient (Wildman–Crippen LogP) is 3.15. The lowest BCUT2D eigenvalue weighted by atomic mass is 10.1. The van der Waals surface area contributed by atoms with E-state index in [0.717, 1.165) is 25.1 Å². The van der Waals surface area contributed by atoms with Crippen molar-refractivity contribution in [3.63, 3.8) is 0 Å². The second-order valence-electron chi connectivity index (χ2n) is 4.59. The Morgan fingerprint density at radius 1 is 1.23 bits per heavy atom. The molecule has 1 heterocycles. The topological polar surface area (TPSA) is 67.2 Å². The summed E-state index contributed by atoms with van der Waals surface area (Å²) in [5, 5.41) is 10.4. The second-order valence-corrected chi connectivity index (χ2v) is 5.03. The van der Waals surface area contributed by atoms with E-state index in [9.17, 15) is 4.79 Å². The molecule has 0 saturated carbocycles. The highest BCUT2D eigenvalue weighted by Crippen LogP contribution is 2.22. The van der Waals surface area contributed by atoms with Crippen LogP contribution in [0.2, 0.25) is 5.02 Å². The molecule has 2 rings (SSSR count). The van der Waals surface area contributed by atoms with Crippen LogP contribution in [0, 0.1) is 0 Å². The fourth-order valence-corrected chi connectivity index (χ4v) is 1.92. The predicted molar refractivity (Wildman–Crippen MR) is 89.7 cm³/mol. The molecule has 0 bridgehead atoms. The van der Waals surface area contributed by atoms with Gasteiger partial charge in [0.15, 0.2) is 11.5 Å². The monoisotopic (exact) mass is 343 g/mol. The number of rotatable bonds is 7. The van der Waals surface area contributed by atoms with Crippen LogP contribution in [-0.2, 0) is 0 Å². The maximum atomic E-state index is 11.9. The third-order valence-electron chi connectivity index (χ3n) is 2.89. The lowest BCUT2D eigenvalue weighted by Gasteiger charge is -2.03. The van der Waals surface area contributed by atoms with Gasteiger partial charge in [-0.1, -0.05) is 23.7 Å². The van der Waals surface area contributed by atoms with E-state index in [2.05, 4.69) is 22.7 Å². The van der Waals surface area contributed by atoms with E-state index in [0.29, 0.717) is 17.3 Å². The highest BCUT2D eigenvalue weighted by Gasteiger charge is 2.13.